The van der Waals surface area contributed by atoms with Crippen LogP contribution in [0.15, 0.2) is 36.4 Å². The van der Waals surface area contributed by atoms with E-state index in [0.717, 1.165) is 24.2 Å². The molecule has 7 heteroatoms. The molecule has 1 aromatic carbocycles. The van der Waals surface area contributed by atoms with Gasteiger partial charge in [-0.05, 0) is 43.9 Å². The predicted molar refractivity (Wildman–Crippen MR) is 98.1 cm³/mol. The Morgan fingerprint density at radius 3 is 2.50 bits per heavy atom. The molecule has 0 bridgehead atoms. The number of amides is 3. The Balaban J connectivity index is 1.25. The van der Waals surface area contributed by atoms with E-state index in [4.69, 9.17) is 0 Å². The summed E-state index contributed by atoms with van der Waals surface area (Å²) in [5, 5.41) is 13.0. The molecule has 136 valence electrons. The van der Waals surface area contributed by atoms with Crippen LogP contribution in [-0.4, -0.2) is 46.2 Å². The number of nitrogens with zero attached hydrogens (tertiary/aromatic N) is 2. The van der Waals surface area contributed by atoms with Crippen LogP contribution in [-0.2, 0) is 0 Å². The van der Waals surface area contributed by atoms with Crippen molar-refractivity contribution in [3.8, 4) is 0 Å². The van der Waals surface area contributed by atoms with Gasteiger partial charge < -0.3 is 15.5 Å². The smallest absolute Gasteiger partial charge is 0.321 e. The van der Waals surface area contributed by atoms with E-state index in [1.807, 2.05) is 36.4 Å². The topological polar surface area (TPSA) is 90.1 Å². The van der Waals surface area contributed by atoms with Gasteiger partial charge in [0, 0.05) is 36.4 Å². The number of urea groups is 1. The second-order valence-corrected chi connectivity index (χ2v) is 7.01. The van der Waals surface area contributed by atoms with Crippen molar-refractivity contribution in [1.29, 1.82) is 0 Å². The molecule has 1 aliphatic heterocycles. The lowest BCUT2D eigenvalue weighted by atomic mass is 10.1. The van der Waals surface area contributed by atoms with Gasteiger partial charge in [-0.3, -0.25) is 9.89 Å². The number of nitrogens with one attached hydrogen (secondary N) is 3. The molecule has 1 saturated heterocycles. The molecule has 1 saturated carbocycles. The number of hydrogen-bond acceptors (Lipinski definition) is 3. The van der Waals surface area contributed by atoms with Gasteiger partial charge in [0.2, 0.25) is 0 Å². The second kappa shape index (κ2) is 7.19. The molecule has 26 heavy (non-hydrogen) atoms. The number of aromatic nitrogens is 2. The summed E-state index contributed by atoms with van der Waals surface area (Å²) in [6.45, 7) is 1.25. The number of hydrogen-bond donors (Lipinski definition) is 3. The fourth-order valence-electron chi connectivity index (χ4n) is 3.27. The summed E-state index contributed by atoms with van der Waals surface area (Å²) in [5.41, 5.74) is 2.30. The number of benzene rings is 1. The van der Waals surface area contributed by atoms with Crippen molar-refractivity contribution in [1.82, 2.24) is 20.4 Å². The highest BCUT2D eigenvalue weighted by Gasteiger charge is 2.28. The van der Waals surface area contributed by atoms with E-state index >= 15 is 0 Å². The van der Waals surface area contributed by atoms with Gasteiger partial charge in [0.15, 0.2) is 0 Å². The zero-order chi connectivity index (χ0) is 17.9. The third-order valence-corrected chi connectivity index (χ3v) is 4.99. The van der Waals surface area contributed by atoms with Gasteiger partial charge in [0.05, 0.1) is 0 Å². The minimum absolute atomic E-state index is 0.0735. The zero-order valence-electron chi connectivity index (χ0n) is 14.6. The van der Waals surface area contributed by atoms with Crippen LogP contribution in [0.3, 0.4) is 0 Å². The average Bonchev–Trinajstić information content (AvgIpc) is 3.39. The van der Waals surface area contributed by atoms with Crippen molar-refractivity contribution in [2.24, 2.45) is 0 Å². The largest absolute Gasteiger partial charge is 0.348 e. The first-order valence-corrected chi connectivity index (χ1v) is 9.16. The minimum atomic E-state index is -0.139. The first-order chi connectivity index (χ1) is 12.7. The molecule has 2 aliphatic rings. The molecule has 1 aromatic heterocycles. The van der Waals surface area contributed by atoms with Crippen molar-refractivity contribution in [3.05, 3.63) is 47.8 Å². The van der Waals surface area contributed by atoms with Gasteiger partial charge in [-0.25, -0.2) is 4.79 Å². The van der Waals surface area contributed by atoms with Crippen LogP contribution in [0.25, 0.3) is 0 Å². The van der Waals surface area contributed by atoms with Crippen molar-refractivity contribution >= 4 is 17.6 Å². The fourth-order valence-corrected chi connectivity index (χ4v) is 3.27. The number of carbonyl (C=O) groups excluding carboxylic acids is 2. The Morgan fingerprint density at radius 2 is 1.81 bits per heavy atom. The molecule has 3 N–H and O–H groups in total. The number of rotatable bonds is 4. The van der Waals surface area contributed by atoms with Crippen LogP contribution in [0.4, 0.5) is 10.5 Å². The number of piperidine rings is 1. The summed E-state index contributed by atoms with van der Waals surface area (Å²) < 4.78 is 0. The maximum absolute atomic E-state index is 12.3. The first-order valence-electron chi connectivity index (χ1n) is 9.16. The Bertz CT molecular complexity index is 776. The molecule has 2 heterocycles. The molecule has 0 spiro atoms. The normalized spacial score (nSPS) is 17.8. The lowest BCUT2D eigenvalue weighted by Crippen LogP contribution is -2.47. The average molecular weight is 353 g/mol. The maximum atomic E-state index is 12.3. The van der Waals surface area contributed by atoms with Gasteiger partial charge in [-0.1, -0.05) is 18.2 Å². The monoisotopic (exact) mass is 353 g/mol. The molecule has 0 atom stereocenters. The SMILES string of the molecule is O=C(NC1CCN(C(=O)Nc2ccccc2)CC1)c1cc(C2CC2)[nH]n1. The molecule has 2 fully saturated rings. The van der Waals surface area contributed by atoms with Crippen molar-refractivity contribution in [2.75, 3.05) is 18.4 Å². The van der Waals surface area contributed by atoms with Crippen LogP contribution in [0, 0.1) is 0 Å². The molecular weight excluding hydrogens is 330 g/mol. The quantitative estimate of drug-likeness (QED) is 0.789. The van der Waals surface area contributed by atoms with Crippen molar-refractivity contribution in [2.45, 2.75) is 37.6 Å². The van der Waals surface area contributed by atoms with E-state index in [1.165, 1.54) is 12.8 Å². The highest BCUT2D eigenvalue weighted by atomic mass is 16.2. The molecule has 3 amide bonds. The van der Waals surface area contributed by atoms with Gasteiger partial charge in [-0.15, -0.1) is 0 Å². The number of anilines is 1. The van der Waals surface area contributed by atoms with E-state index in [-0.39, 0.29) is 18.0 Å². The summed E-state index contributed by atoms with van der Waals surface area (Å²) in [7, 11) is 0. The molecule has 0 unspecified atom stereocenters. The van der Waals surface area contributed by atoms with Crippen LogP contribution in [0.1, 0.15) is 47.8 Å². The van der Waals surface area contributed by atoms with Crippen LogP contribution < -0.4 is 10.6 Å². The highest BCUT2D eigenvalue weighted by molar-refractivity contribution is 5.92. The van der Waals surface area contributed by atoms with Gasteiger partial charge in [0.25, 0.3) is 5.91 Å². The molecule has 4 rings (SSSR count). The number of H-pyrrole nitrogens is 1. The third kappa shape index (κ3) is 3.87. The van der Waals surface area contributed by atoms with E-state index in [2.05, 4.69) is 20.8 Å². The number of para-hydroxylation sites is 1. The fraction of sp³-hybridized carbons (Fsp3) is 0.421. The van der Waals surface area contributed by atoms with E-state index in [0.29, 0.717) is 24.7 Å². The van der Waals surface area contributed by atoms with E-state index in [1.54, 1.807) is 4.90 Å². The Hall–Kier alpha value is -2.83. The zero-order valence-corrected chi connectivity index (χ0v) is 14.6. The maximum Gasteiger partial charge on any atom is 0.321 e. The minimum Gasteiger partial charge on any atom is -0.348 e. The molecule has 7 nitrogen and oxygen atoms in total. The number of likely N-dealkylation sites (tertiary alicyclic amines) is 1. The van der Waals surface area contributed by atoms with Crippen molar-refractivity contribution < 1.29 is 9.59 Å². The van der Waals surface area contributed by atoms with Crippen molar-refractivity contribution in [3.63, 3.8) is 0 Å². The summed E-state index contributed by atoms with van der Waals surface area (Å²) in [5.74, 6) is 0.413. The summed E-state index contributed by atoms with van der Waals surface area (Å²) in [6, 6.07) is 11.3. The summed E-state index contributed by atoms with van der Waals surface area (Å²) >= 11 is 0. The number of aromatic amines is 1. The molecule has 1 aliphatic carbocycles. The Kier molecular flexibility index (Phi) is 4.60. The van der Waals surface area contributed by atoms with Gasteiger partial charge in [0.1, 0.15) is 5.69 Å². The van der Waals surface area contributed by atoms with Crippen LogP contribution >= 0.6 is 0 Å². The van der Waals surface area contributed by atoms with Crippen LogP contribution in [0.5, 0.6) is 0 Å². The Labute approximate surface area is 152 Å². The van der Waals surface area contributed by atoms with E-state index in [9.17, 15) is 9.59 Å². The van der Waals surface area contributed by atoms with Gasteiger partial charge in [-0.2, -0.15) is 5.10 Å². The predicted octanol–water partition coefficient (Wildman–Crippen LogP) is 2.71. The lowest BCUT2D eigenvalue weighted by Gasteiger charge is -2.32. The van der Waals surface area contributed by atoms with E-state index < -0.39 is 0 Å². The molecule has 2 aromatic rings. The molecular formula is C19H23N5O2. The Morgan fingerprint density at radius 1 is 1.08 bits per heavy atom. The summed E-state index contributed by atoms with van der Waals surface area (Å²) in [4.78, 5) is 26.4. The molecule has 0 radical (unpaired) electrons. The van der Waals surface area contributed by atoms with Crippen LogP contribution in [0.2, 0.25) is 0 Å². The second-order valence-electron chi connectivity index (χ2n) is 7.01. The lowest BCUT2D eigenvalue weighted by molar-refractivity contribution is 0.0914. The highest BCUT2D eigenvalue weighted by Crippen LogP contribution is 2.38. The van der Waals surface area contributed by atoms with Gasteiger partial charge >= 0.3 is 6.03 Å². The summed E-state index contributed by atoms with van der Waals surface area (Å²) in [6.07, 6.45) is 3.83. The standard InChI is InChI=1S/C19H23N5O2/c25-18(17-12-16(22-23-17)13-6-7-13)20-15-8-10-24(11-9-15)19(26)21-14-4-2-1-3-5-14/h1-5,12-13,15H,6-11H2,(H,20,25)(H,21,26)(H,22,23). The number of carbonyl (C=O) groups is 2. The first kappa shape index (κ1) is 16.6. The third-order valence-electron chi connectivity index (χ3n) is 4.99.